The highest BCUT2D eigenvalue weighted by atomic mass is 35.5. The lowest BCUT2D eigenvalue weighted by molar-refractivity contribution is -0.117. The first-order valence-corrected chi connectivity index (χ1v) is 12.0. The molecule has 168 valence electrons. The SMILES string of the molecule is Cc1ccc(C#N)c(Oc2cc(Cl)ccc2[C@H]2CC(=O)N(c3ccc(S(N)(=O)=O)cc3)C2)c1. The molecule has 1 aliphatic heterocycles. The summed E-state index contributed by atoms with van der Waals surface area (Å²) in [4.78, 5) is 14.4. The molecule has 3 aromatic carbocycles. The summed E-state index contributed by atoms with van der Waals surface area (Å²) in [6.45, 7) is 2.28. The van der Waals surface area contributed by atoms with Crippen LogP contribution in [0.4, 0.5) is 5.69 Å². The fraction of sp³-hybridized carbons (Fsp3) is 0.167. The van der Waals surface area contributed by atoms with E-state index < -0.39 is 10.0 Å². The predicted molar refractivity (Wildman–Crippen MR) is 125 cm³/mol. The van der Waals surface area contributed by atoms with Crippen LogP contribution in [0.5, 0.6) is 11.5 Å². The number of aryl methyl sites for hydroxylation is 1. The van der Waals surface area contributed by atoms with Crippen molar-refractivity contribution in [3.8, 4) is 17.6 Å². The Labute approximate surface area is 197 Å². The highest BCUT2D eigenvalue weighted by molar-refractivity contribution is 7.89. The molecule has 0 aliphatic carbocycles. The maximum absolute atomic E-state index is 12.8. The van der Waals surface area contributed by atoms with Crippen LogP contribution >= 0.6 is 11.6 Å². The van der Waals surface area contributed by atoms with Crippen molar-refractivity contribution in [1.29, 1.82) is 5.26 Å². The van der Waals surface area contributed by atoms with E-state index in [2.05, 4.69) is 6.07 Å². The second-order valence-corrected chi connectivity index (χ2v) is 9.84. The summed E-state index contributed by atoms with van der Waals surface area (Å²) in [6, 6.07) is 18.5. The number of halogens is 1. The van der Waals surface area contributed by atoms with Crippen LogP contribution in [0.25, 0.3) is 0 Å². The number of anilines is 1. The summed E-state index contributed by atoms with van der Waals surface area (Å²) in [5, 5.41) is 15.1. The molecule has 0 spiro atoms. The largest absolute Gasteiger partial charge is 0.456 e. The second-order valence-electron chi connectivity index (χ2n) is 7.84. The van der Waals surface area contributed by atoms with Gasteiger partial charge in [0, 0.05) is 35.2 Å². The molecule has 4 rings (SSSR count). The average molecular weight is 482 g/mol. The van der Waals surface area contributed by atoms with E-state index in [1.54, 1.807) is 41.3 Å². The van der Waals surface area contributed by atoms with E-state index >= 15 is 0 Å². The maximum atomic E-state index is 12.8. The van der Waals surface area contributed by atoms with E-state index in [4.69, 9.17) is 21.5 Å². The number of nitrogens with zero attached hydrogens (tertiary/aromatic N) is 2. The van der Waals surface area contributed by atoms with Crippen molar-refractivity contribution in [1.82, 2.24) is 0 Å². The number of carbonyl (C=O) groups is 1. The number of ether oxygens (including phenoxy) is 1. The van der Waals surface area contributed by atoms with Gasteiger partial charge in [-0.3, -0.25) is 4.79 Å². The van der Waals surface area contributed by atoms with Crippen molar-refractivity contribution in [2.45, 2.75) is 24.2 Å². The Morgan fingerprint density at radius 2 is 1.82 bits per heavy atom. The average Bonchev–Trinajstić information content (AvgIpc) is 3.15. The highest BCUT2D eigenvalue weighted by Gasteiger charge is 2.33. The van der Waals surface area contributed by atoms with Crippen LogP contribution in [0.3, 0.4) is 0 Å². The minimum Gasteiger partial charge on any atom is -0.456 e. The van der Waals surface area contributed by atoms with E-state index in [0.717, 1.165) is 11.1 Å². The zero-order chi connectivity index (χ0) is 23.8. The van der Waals surface area contributed by atoms with Crippen LogP contribution in [-0.2, 0) is 14.8 Å². The molecular weight excluding hydrogens is 462 g/mol. The monoisotopic (exact) mass is 481 g/mol. The quantitative estimate of drug-likeness (QED) is 0.577. The molecule has 33 heavy (non-hydrogen) atoms. The molecule has 0 saturated carbocycles. The Morgan fingerprint density at radius 3 is 2.48 bits per heavy atom. The summed E-state index contributed by atoms with van der Waals surface area (Å²) in [7, 11) is -3.81. The molecule has 0 unspecified atom stereocenters. The smallest absolute Gasteiger partial charge is 0.238 e. The van der Waals surface area contributed by atoms with Gasteiger partial charge >= 0.3 is 0 Å². The van der Waals surface area contributed by atoms with Crippen molar-refractivity contribution < 1.29 is 17.9 Å². The van der Waals surface area contributed by atoms with Gasteiger partial charge in [0.2, 0.25) is 15.9 Å². The van der Waals surface area contributed by atoms with E-state index in [0.29, 0.717) is 34.3 Å². The zero-order valence-corrected chi connectivity index (χ0v) is 19.2. The van der Waals surface area contributed by atoms with E-state index in [1.807, 2.05) is 19.1 Å². The van der Waals surface area contributed by atoms with Gasteiger partial charge < -0.3 is 9.64 Å². The first-order valence-electron chi connectivity index (χ1n) is 10.1. The minimum atomic E-state index is -3.81. The summed E-state index contributed by atoms with van der Waals surface area (Å²) >= 11 is 6.22. The molecule has 0 aromatic heterocycles. The molecule has 1 amide bonds. The Morgan fingerprint density at radius 1 is 1.09 bits per heavy atom. The molecule has 0 radical (unpaired) electrons. The molecule has 0 bridgehead atoms. The number of amides is 1. The van der Waals surface area contributed by atoms with Crippen molar-refractivity contribution in [3.05, 3.63) is 82.4 Å². The third kappa shape index (κ3) is 4.86. The Bertz CT molecular complexity index is 1380. The summed E-state index contributed by atoms with van der Waals surface area (Å²) in [5.41, 5.74) is 2.71. The standard InChI is InChI=1S/C24H20ClN3O4S/c1-15-2-3-16(13-26)22(10-15)32-23-12-18(25)4-9-21(23)17-11-24(29)28(14-17)19-5-7-20(8-6-19)33(27,30)31/h2-10,12,17H,11,14H2,1H3,(H2,27,30,31)/t17-/m0/s1. The molecule has 1 aliphatic rings. The summed E-state index contributed by atoms with van der Waals surface area (Å²) in [5.74, 6) is 0.616. The van der Waals surface area contributed by atoms with Crippen molar-refractivity contribution >= 4 is 33.2 Å². The lowest BCUT2D eigenvalue weighted by atomic mass is 9.97. The fourth-order valence-electron chi connectivity index (χ4n) is 3.84. The molecule has 1 saturated heterocycles. The summed E-state index contributed by atoms with van der Waals surface area (Å²) < 4.78 is 29.1. The number of hydrogen-bond donors (Lipinski definition) is 1. The van der Waals surface area contributed by atoms with Crippen LogP contribution < -0.4 is 14.8 Å². The van der Waals surface area contributed by atoms with Crippen LogP contribution in [0, 0.1) is 18.3 Å². The van der Waals surface area contributed by atoms with E-state index in [1.165, 1.54) is 12.1 Å². The van der Waals surface area contributed by atoms with Gasteiger partial charge in [-0.15, -0.1) is 0 Å². The number of rotatable bonds is 5. The predicted octanol–water partition coefficient (Wildman–Crippen LogP) is 4.48. The Hall–Kier alpha value is -3.38. The van der Waals surface area contributed by atoms with Crippen molar-refractivity contribution in [2.75, 3.05) is 11.4 Å². The van der Waals surface area contributed by atoms with Crippen molar-refractivity contribution in [3.63, 3.8) is 0 Å². The number of hydrogen-bond acceptors (Lipinski definition) is 5. The molecule has 1 fully saturated rings. The molecule has 1 atom stereocenters. The molecule has 3 aromatic rings. The van der Waals surface area contributed by atoms with Crippen LogP contribution in [0.1, 0.15) is 29.0 Å². The van der Waals surface area contributed by atoms with E-state index in [-0.39, 0.29) is 23.1 Å². The third-order valence-electron chi connectivity index (χ3n) is 5.49. The topological polar surface area (TPSA) is 113 Å². The van der Waals surface area contributed by atoms with Gasteiger partial charge in [-0.05, 0) is 61.0 Å². The van der Waals surface area contributed by atoms with Gasteiger partial charge in [0.15, 0.2) is 0 Å². The van der Waals surface area contributed by atoms with Gasteiger partial charge in [0.05, 0.1) is 10.5 Å². The van der Waals surface area contributed by atoms with E-state index in [9.17, 15) is 18.5 Å². The van der Waals surface area contributed by atoms with Gasteiger partial charge in [-0.25, -0.2) is 13.6 Å². The van der Waals surface area contributed by atoms with Gasteiger partial charge in [-0.1, -0.05) is 23.7 Å². The number of primary sulfonamides is 1. The number of nitriles is 1. The lowest BCUT2D eigenvalue weighted by Crippen LogP contribution is -2.24. The second kappa shape index (κ2) is 8.87. The van der Waals surface area contributed by atoms with Gasteiger partial charge in [0.1, 0.15) is 17.6 Å². The summed E-state index contributed by atoms with van der Waals surface area (Å²) in [6.07, 6.45) is 0.244. The first-order chi connectivity index (χ1) is 15.7. The van der Waals surface area contributed by atoms with Crippen LogP contribution in [-0.4, -0.2) is 20.9 Å². The van der Waals surface area contributed by atoms with Crippen molar-refractivity contribution in [2.24, 2.45) is 5.14 Å². The van der Waals surface area contributed by atoms with Crippen LogP contribution in [0.2, 0.25) is 5.02 Å². The Balaban J connectivity index is 1.64. The van der Waals surface area contributed by atoms with Gasteiger partial charge in [-0.2, -0.15) is 5.26 Å². The molecule has 1 heterocycles. The van der Waals surface area contributed by atoms with Crippen LogP contribution in [0.15, 0.2) is 65.6 Å². The number of benzene rings is 3. The molecule has 2 N–H and O–H groups in total. The number of nitrogens with two attached hydrogens (primary N) is 1. The molecular formula is C24H20ClN3O4S. The third-order valence-corrected chi connectivity index (χ3v) is 6.66. The highest BCUT2D eigenvalue weighted by Crippen LogP contribution is 2.40. The maximum Gasteiger partial charge on any atom is 0.238 e. The zero-order valence-electron chi connectivity index (χ0n) is 17.7. The Kier molecular flexibility index (Phi) is 6.13. The normalized spacial score (nSPS) is 16.0. The fourth-order valence-corrected chi connectivity index (χ4v) is 4.52. The minimum absolute atomic E-state index is 0.0192. The number of carbonyl (C=O) groups excluding carboxylic acids is 1. The lowest BCUT2D eigenvalue weighted by Gasteiger charge is -2.19. The first kappa shape index (κ1) is 22.8. The van der Waals surface area contributed by atoms with Gasteiger partial charge in [0.25, 0.3) is 0 Å². The number of sulfonamides is 1. The molecule has 7 nitrogen and oxygen atoms in total. The molecule has 9 heteroatoms.